The van der Waals surface area contributed by atoms with Gasteiger partial charge in [0.05, 0.1) is 11.3 Å². The van der Waals surface area contributed by atoms with Gasteiger partial charge in [-0.05, 0) is 49.7 Å². The molecule has 0 saturated heterocycles. The van der Waals surface area contributed by atoms with Crippen LogP contribution >= 0.6 is 11.3 Å². The molecule has 1 aromatic heterocycles. The van der Waals surface area contributed by atoms with E-state index in [0.29, 0.717) is 11.4 Å². The van der Waals surface area contributed by atoms with Gasteiger partial charge in [0.25, 0.3) is 5.91 Å². The molecule has 0 spiro atoms. The van der Waals surface area contributed by atoms with Gasteiger partial charge < -0.3 is 10.6 Å². The van der Waals surface area contributed by atoms with Gasteiger partial charge in [-0.3, -0.25) is 10.1 Å². The molecule has 3 amide bonds. The summed E-state index contributed by atoms with van der Waals surface area (Å²) in [6, 6.07) is 11.0. The minimum atomic E-state index is -4.51. The van der Waals surface area contributed by atoms with Gasteiger partial charge in [0.1, 0.15) is 4.88 Å². The van der Waals surface area contributed by atoms with Crippen LogP contribution in [0.5, 0.6) is 0 Å². The number of anilines is 3. The maximum absolute atomic E-state index is 12.8. The van der Waals surface area contributed by atoms with Gasteiger partial charge in [-0.25, -0.2) is 9.78 Å². The maximum Gasteiger partial charge on any atom is 0.416 e. The van der Waals surface area contributed by atoms with Gasteiger partial charge in [-0.2, -0.15) is 13.2 Å². The summed E-state index contributed by atoms with van der Waals surface area (Å²) in [5.41, 5.74) is 1.07. The van der Waals surface area contributed by atoms with Crippen molar-refractivity contribution < 1.29 is 22.8 Å². The van der Waals surface area contributed by atoms with Crippen LogP contribution in [0.15, 0.2) is 48.5 Å². The molecule has 3 aromatic rings. The molecule has 30 heavy (non-hydrogen) atoms. The number of benzene rings is 2. The fraction of sp³-hybridized carbons (Fsp3) is 0.150. The molecular weight excluding hydrogens is 417 g/mol. The number of alkyl halides is 3. The van der Waals surface area contributed by atoms with Crippen LogP contribution in [-0.2, 0) is 6.18 Å². The molecular formula is C20H17F3N4O2S. The van der Waals surface area contributed by atoms with Crippen LogP contribution < -0.4 is 16.0 Å². The highest BCUT2D eigenvalue weighted by Crippen LogP contribution is 2.31. The normalized spacial score (nSPS) is 11.1. The Labute approximate surface area is 174 Å². The number of carbonyl (C=O) groups excluding carboxylic acids is 2. The van der Waals surface area contributed by atoms with Crippen LogP contribution in [0.25, 0.3) is 0 Å². The number of nitrogens with one attached hydrogen (secondary N) is 3. The van der Waals surface area contributed by atoms with Crippen LogP contribution in [0, 0.1) is 13.8 Å². The highest BCUT2D eigenvalue weighted by molar-refractivity contribution is 7.17. The molecule has 0 atom stereocenters. The third-order valence-electron chi connectivity index (χ3n) is 3.95. The predicted octanol–water partition coefficient (Wildman–Crippen LogP) is 5.68. The van der Waals surface area contributed by atoms with Crippen LogP contribution in [0.3, 0.4) is 0 Å². The van der Waals surface area contributed by atoms with Crippen LogP contribution in [-0.4, -0.2) is 16.9 Å². The van der Waals surface area contributed by atoms with E-state index < -0.39 is 23.7 Å². The summed E-state index contributed by atoms with van der Waals surface area (Å²) in [7, 11) is 0. The van der Waals surface area contributed by atoms with Crippen molar-refractivity contribution in [2.75, 3.05) is 16.0 Å². The summed E-state index contributed by atoms with van der Waals surface area (Å²) < 4.78 is 38.5. The zero-order valence-corrected chi connectivity index (χ0v) is 16.7. The van der Waals surface area contributed by atoms with E-state index >= 15 is 0 Å². The number of amides is 3. The van der Waals surface area contributed by atoms with Crippen molar-refractivity contribution in [3.63, 3.8) is 0 Å². The summed E-state index contributed by atoms with van der Waals surface area (Å²) in [6.07, 6.45) is -4.51. The number of thiazole rings is 1. The van der Waals surface area contributed by atoms with Gasteiger partial charge >= 0.3 is 12.2 Å². The third kappa shape index (κ3) is 5.35. The van der Waals surface area contributed by atoms with Crippen LogP contribution in [0.2, 0.25) is 0 Å². The summed E-state index contributed by atoms with van der Waals surface area (Å²) in [4.78, 5) is 28.9. The van der Waals surface area contributed by atoms with Crippen molar-refractivity contribution in [3.05, 3.63) is 70.2 Å². The molecule has 0 bridgehead atoms. The molecule has 0 aliphatic heterocycles. The second-order valence-corrected chi connectivity index (χ2v) is 7.41. The molecule has 0 fully saturated rings. The highest BCUT2D eigenvalue weighted by atomic mass is 32.1. The maximum atomic E-state index is 12.8. The molecule has 3 N–H and O–H groups in total. The lowest BCUT2D eigenvalue weighted by molar-refractivity contribution is -0.137. The molecule has 6 nitrogen and oxygen atoms in total. The average molecular weight is 434 g/mol. The van der Waals surface area contributed by atoms with Gasteiger partial charge in [-0.15, -0.1) is 0 Å². The second-order valence-electron chi connectivity index (χ2n) is 6.41. The average Bonchev–Trinajstić information content (AvgIpc) is 3.01. The molecule has 156 valence electrons. The van der Waals surface area contributed by atoms with Gasteiger partial charge in [0.2, 0.25) is 0 Å². The Kier molecular flexibility index (Phi) is 6.06. The van der Waals surface area contributed by atoms with E-state index in [1.807, 2.05) is 13.0 Å². The van der Waals surface area contributed by atoms with E-state index in [2.05, 4.69) is 20.9 Å². The minimum Gasteiger partial charge on any atom is -0.321 e. The monoisotopic (exact) mass is 434 g/mol. The van der Waals surface area contributed by atoms with E-state index in [4.69, 9.17) is 0 Å². The number of halogens is 3. The molecule has 3 rings (SSSR count). The van der Waals surface area contributed by atoms with Crippen molar-refractivity contribution in [2.24, 2.45) is 0 Å². The van der Waals surface area contributed by atoms with E-state index in [1.165, 1.54) is 12.1 Å². The van der Waals surface area contributed by atoms with E-state index in [1.54, 1.807) is 25.1 Å². The van der Waals surface area contributed by atoms with Gasteiger partial charge in [0.15, 0.2) is 5.13 Å². The van der Waals surface area contributed by atoms with Gasteiger partial charge in [-0.1, -0.05) is 29.5 Å². The number of hydrogen-bond acceptors (Lipinski definition) is 4. The lowest BCUT2D eigenvalue weighted by Gasteiger charge is -2.09. The Balaban J connectivity index is 1.68. The number of nitrogens with zero attached hydrogens (tertiary/aromatic N) is 1. The minimum absolute atomic E-state index is 0.00863. The number of hydrogen-bond donors (Lipinski definition) is 3. The Morgan fingerprint density at radius 1 is 0.933 bits per heavy atom. The highest BCUT2D eigenvalue weighted by Gasteiger charge is 2.30. The molecule has 0 aliphatic carbocycles. The van der Waals surface area contributed by atoms with E-state index in [0.717, 1.165) is 29.0 Å². The Morgan fingerprint density at radius 2 is 1.60 bits per heavy atom. The largest absolute Gasteiger partial charge is 0.416 e. The number of urea groups is 1. The van der Waals surface area contributed by atoms with Crippen molar-refractivity contribution in [1.29, 1.82) is 0 Å². The summed E-state index contributed by atoms with van der Waals surface area (Å²) >= 11 is 0.921. The molecule has 1 heterocycles. The molecule has 2 aromatic carbocycles. The SMILES string of the molecule is Cc1cccc(NC(=O)Nc2nc(C)c(C(=O)Nc3cccc(C(F)(F)F)c3)s2)c1. The first-order valence-corrected chi connectivity index (χ1v) is 9.54. The topological polar surface area (TPSA) is 83.1 Å². The number of aromatic nitrogens is 1. The zero-order chi connectivity index (χ0) is 21.9. The second kappa shape index (κ2) is 8.54. The number of rotatable bonds is 4. The summed E-state index contributed by atoms with van der Waals surface area (Å²) in [6.45, 7) is 3.46. The molecule has 0 radical (unpaired) electrons. The van der Waals surface area contributed by atoms with Crippen molar-refractivity contribution >= 4 is 39.8 Å². The molecule has 0 unspecified atom stereocenters. The van der Waals surface area contributed by atoms with Crippen LogP contribution in [0.1, 0.15) is 26.5 Å². The van der Waals surface area contributed by atoms with E-state index in [9.17, 15) is 22.8 Å². The fourth-order valence-corrected chi connectivity index (χ4v) is 3.46. The summed E-state index contributed by atoms with van der Waals surface area (Å²) in [5, 5.41) is 7.82. The Morgan fingerprint density at radius 3 is 2.27 bits per heavy atom. The molecule has 0 saturated carbocycles. The number of carbonyl (C=O) groups is 2. The summed E-state index contributed by atoms with van der Waals surface area (Å²) in [5.74, 6) is -0.614. The molecule has 0 aliphatic rings. The van der Waals surface area contributed by atoms with Crippen molar-refractivity contribution in [1.82, 2.24) is 4.98 Å². The first-order chi connectivity index (χ1) is 14.1. The van der Waals surface area contributed by atoms with Crippen molar-refractivity contribution in [3.8, 4) is 0 Å². The number of aryl methyl sites for hydroxylation is 2. The first kappa shape index (κ1) is 21.3. The quantitative estimate of drug-likeness (QED) is 0.494. The zero-order valence-electron chi connectivity index (χ0n) is 15.9. The third-order valence-corrected chi connectivity index (χ3v) is 5.02. The first-order valence-electron chi connectivity index (χ1n) is 8.72. The smallest absolute Gasteiger partial charge is 0.321 e. The fourth-order valence-electron chi connectivity index (χ4n) is 2.60. The lowest BCUT2D eigenvalue weighted by Crippen LogP contribution is -2.19. The van der Waals surface area contributed by atoms with E-state index in [-0.39, 0.29) is 15.7 Å². The van der Waals surface area contributed by atoms with Crippen LogP contribution in [0.4, 0.5) is 34.5 Å². The molecule has 10 heteroatoms. The van der Waals surface area contributed by atoms with Crippen molar-refractivity contribution in [2.45, 2.75) is 20.0 Å². The van der Waals surface area contributed by atoms with Gasteiger partial charge in [0, 0.05) is 11.4 Å². The predicted molar refractivity (Wildman–Crippen MR) is 110 cm³/mol. The Bertz CT molecular complexity index is 1100. The lowest BCUT2D eigenvalue weighted by atomic mass is 10.2. The Hall–Kier alpha value is -3.40. The standard InChI is InChI=1S/C20H17F3N4O2S/c1-11-5-3-7-14(9-11)26-18(29)27-19-24-12(2)16(30-19)17(28)25-15-8-4-6-13(10-15)20(21,22)23/h3-10H,1-2H3,(H,25,28)(H2,24,26,27,29).